The summed E-state index contributed by atoms with van der Waals surface area (Å²) >= 11 is 3.22. The van der Waals surface area contributed by atoms with Gasteiger partial charge in [0.2, 0.25) is 0 Å². The number of hydrogen-bond donors (Lipinski definition) is 1. The molecule has 0 aromatic heterocycles. The second kappa shape index (κ2) is 6.35. The zero-order chi connectivity index (χ0) is 14.9. The summed E-state index contributed by atoms with van der Waals surface area (Å²) < 4.78 is 14.3. The topological polar surface area (TPSA) is 29.3 Å². The number of nitrogens with two attached hydrogens (primary N) is 1. The molecule has 3 rings (SSSR count). The molecule has 0 radical (unpaired) electrons. The lowest BCUT2D eigenvalue weighted by molar-refractivity contribution is 0.0779. The zero-order valence-electron chi connectivity index (χ0n) is 12.5. The summed E-state index contributed by atoms with van der Waals surface area (Å²) in [6.45, 7) is 2.74. The Bertz CT molecular complexity index is 490. The molecule has 0 bridgehead atoms. The van der Waals surface area contributed by atoms with Crippen LogP contribution < -0.4 is 5.73 Å². The van der Waals surface area contributed by atoms with Crippen LogP contribution in [-0.4, -0.2) is 24.5 Å². The molecular weight excluding hydrogens is 331 g/mol. The van der Waals surface area contributed by atoms with Crippen molar-refractivity contribution in [3.8, 4) is 0 Å². The van der Waals surface area contributed by atoms with Crippen molar-refractivity contribution in [2.24, 2.45) is 11.1 Å². The van der Waals surface area contributed by atoms with Crippen molar-refractivity contribution in [3.63, 3.8) is 0 Å². The molecule has 4 heteroatoms. The monoisotopic (exact) mass is 354 g/mol. The lowest BCUT2D eigenvalue weighted by atomic mass is 9.76. The molecule has 1 saturated carbocycles. The molecule has 2 nitrogen and oxygen atoms in total. The SMILES string of the molecule is NCC(c1ccc(Br)c(F)c1)N1CCC2(CCCC2)CC1. The Balaban J connectivity index is 1.70. The molecule has 1 saturated heterocycles. The number of rotatable bonds is 3. The molecule has 1 atom stereocenters. The van der Waals surface area contributed by atoms with E-state index in [4.69, 9.17) is 5.73 Å². The van der Waals surface area contributed by atoms with Crippen molar-refractivity contribution in [1.82, 2.24) is 4.90 Å². The Morgan fingerprint density at radius 1 is 1.19 bits per heavy atom. The van der Waals surface area contributed by atoms with E-state index >= 15 is 0 Å². The Morgan fingerprint density at radius 2 is 1.86 bits per heavy atom. The molecule has 1 aromatic carbocycles. The van der Waals surface area contributed by atoms with Crippen molar-refractivity contribution in [1.29, 1.82) is 0 Å². The maximum absolute atomic E-state index is 13.8. The maximum Gasteiger partial charge on any atom is 0.137 e. The molecule has 1 aromatic rings. The van der Waals surface area contributed by atoms with Gasteiger partial charge in [0, 0.05) is 12.6 Å². The third-order valence-electron chi connectivity index (χ3n) is 5.52. The van der Waals surface area contributed by atoms with E-state index in [0.717, 1.165) is 18.7 Å². The number of likely N-dealkylation sites (tertiary alicyclic amines) is 1. The van der Waals surface area contributed by atoms with Crippen LogP contribution in [0.5, 0.6) is 0 Å². The number of halogens is 2. The minimum atomic E-state index is -0.199. The van der Waals surface area contributed by atoms with Crippen molar-refractivity contribution in [2.45, 2.75) is 44.6 Å². The average Bonchev–Trinajstić information content (AvgIpc) is 2.94. The molecule has 1 heterocycles. The van der Waals surface area contributed by atoms with E-state index in [9.17, 15) is 4.39 Å². The van der Waals surface area contributed by atoms with Crippen LogP contribution in [0.15, 0.2) is 22.7 Å². The van der Waals surface area contributed by atoms with Crippen molar-refractivity contribution in [3.05, 3.63) is 34.1 Å². The Hall–Kier alpha value is -0.450. The average molecular weight is 355 g/mol. The minimum absolute atomic E-state index is 0.145. The van der Waals surface area contributed by atoms with Gasteiger partial charge in [-0.1, -0.05) is 18.9 Å². The second-order valence-corrected chi connectivity index (χ2v) is 7.52. The van der Waals surface area contributed by atoms with E-state index in [2.05, 4.69) is 20.8 Å². The number of benzene rings is 1. The Morgan fingerprint density at radius 3 is 2.43 bits per heavy atom. The lowest BCUT2D eigenvalue weighted by Crippen LogP contribution is -2.43. The second-order valence-electron chi connectivity index (χ2n) is 6.67. The predicted octanol–water partition coefficient (Wildman–Crippen LogP) is 4.24. The third-order valence-corrected chi connectivity index (χ3v) is 6.16. The standard InChI is InChI=1S/C17H24BrFN2/c18-14-4-3-13(11-15(14)19)16(12-20)21-9-7-17(8-10-21)5-1-2-6-17/h3-4,11,16H,1-2,5-10,12,20H2. The van der Waals surface area contributed by atoms with Crippen LogP contribution in [0.3, 0.4) is 0 Å². The van der Waals surface area contributed by atoms with Gasteiger partial charge in [-0.2, -0.15) is 0 Å². The summed E-state index contributed by atoms with van der Waals surface area (Å²) in [6.07, 6.45) is 8.17. The smallest absolute Gasteiger partial charge is 0.137 e. The van der Waals surface area contributed by atoms with E-state index in [-0.39, 0.29) is 11.9 Å². The molecule has 1 aliphatic heterocycles. The molecule has 1 spiro atoms. The largest absolute Gasteiger partial charge is 0.329 e. The summed E-state index contributed by atoms with van der Waals surface area (Å²) in [7, 11) is 0. The van der Waals surface area contributed by atoms with Crippen LogP contribution in [0.4, 0.5) is 4.39 Å². The van der Waals surface area contributed by atoms with E-state index in [0.29, 0.717) is 16.4 Å². The Kier molecular flexibility index (Phi) is 4.67. The summed E-state index contributed by atoms with van der Waals surface area (Å²) in [6, 6.07) is 5.55. The van der Waals surface area contributed by atoms with Gasteiger partial charge < -0.3 is 5.73 Å². The number of hydrogen-bond acceptors (Lipinski definition) is 2. The fourth-order valence-corrected chi connectivity index (χ4v) is 4.40. The van der Waals surface area contributed by atoms with Crippen LogP contribution in [0.2, 0.25) is 0 Å². The molecule has 21 heavy (non-hydrogen) atoms. The molecule has 2 N–H and O–H groups in total. The summed E-state index contributed by atoms with van der Waals surface area (Å²) in [5.41, 5.74) is 7.61. The third kappa shape index (κ3) is 3.17. The van der Waals surface area contributed by atoms with Crippen LogP contribution in [0.1, 0.15) is 50.1 Å². The van der Waals surface area contributed by atoms with E-state index in [1.807, 2.05) is 6.07 Å². The predicted molar refractivity (Wildman–Crippen MR) is 87.6 cm³/mol. The first-order chi connectivity index (χ1) is 10.1. The number of nitrogens with zero attached hydrogens (tertiary/aromatic N) is 1. The Labute approximate surface area is 135 Å². The lowest BCUT2D eigenvalue weighted by Gasteiger charge is -2.42. The van der Waals surface area contributed by atoms with E-state index in [1.54, 1.807) is 12.1 Å². The fraction of sp³-hybridized carbons (Fsp3) is 0.647. The van der Waals surface area contributed by atoms with Crippen LogP contribution >= 0.6 is 15.9 Å². The van der Waals surface area contributed by atoms with Gasteiger partial charge in [0.05, 0.1) is 4.47 Å². The maximum atomic E-state index is 13.8. The van der Waals surface area contributed by atoms with Crippen molar-refractivity contribution >= 4 is 15.9 Å². The minimum Gasteiger partial charge on any atom is -0.329 e. The van der Waals surface area contributed by atoms with Crippen molar-refractivity contribution < 1.29 is 4.39 Å². The zero-order valence-corrected chi connectivity index (χ0v) is 14.0. The highest BCUT2D eigenvalue weighted by molar-refractivity contribution is 9.10. The van der Waals surface area contributed by atoms with E-state index in [1.165, 1.54) is 38.5 Å². The first-order valence-corrected chi connectivity index (χ1v) is 8.82. The molecule has 1 aliphatic carbocycles. The summed E-state index contributed by atoms with van der Waals surface area (Å²) in [5, 5.41) is 0. The highest BCUT2D eigenvalue weighted by Crippen LogP contribution is 2.47. The summed E-state index contributed by atoms with van der Waals surface area (Å²) in [4.78, 5) is 2.45. The first kappa shape index (κ1) is 15.4. The first-order valence-electron chi connectivity index (χ1n) is 8.03. The molecule has 1 unspecified atom stereocenters. The fourth-order valence-electron chi connectivity index (χ4n) is 4.15. The van der Waals surface area contributed by atoms with Gasteiger partial charge in [-0.05, 0) is 77.8 Å². The van der Waals surface area contributed by atoms with Crippen molar-refractivity contribution in [2.75, 3.05) is 19.6 Å². The molecular formula is C17H24BrFN2. The molecule has 0 amide bonds. The molecule has 2 fully saturated rings. The van der Waals surface area contributed by atoms with E-state index < -0.39 is 0 Å². The number of piperidine rings is 1. The normalized spacial score (nSPS) is 23.6. The van der Waals surface area contributed by atoms with Gasteiger partial charge in [-0.25, -0.2) is 4.39 Å². The molecule has 116 valence electrons. The molecule has 2 aliphatic rings. The highest BCUT2D eigenvalue weighted by Gasteiger charge is 2.38. The van der Waals surface area contributed by atoms with Gasteiger partial charge >= 0.3 is 0 Å². The van der Waals surface area contributed by atoms with Crippen LogP contribution in [0, 0.1) is 11.2 Å². The van der Waals surface area contributed by atoms with Crippen LogP contribution in [0.25, 0.3) is 0 Å². The highest BCUT2D eigenvalue weighted by atomic mass is 79.9. The van der Waals surface area contributed by atoms with Gasteiger partial charge in [-0.3, -0.25) is 4.90 Å². The summed E-state index contributed by atoms with van der Waals surface area (Å²) in [5.74, 6) is -0.199. The van der Waals surface area contributed by atoms with Gasteiger partial charge in [-0.15, -0.1) is 0 Å². The van der Waals surface area contributed by atoms with Crippen LogP contribution in [-0.2, 0) is 0 Å². The van der Waals surface area contributed by atoms with Gasteiger partial charge in [0.15, 0.2) is 0 Å². The quantitative estimate of drug-likeness (QED) is 0.879. The van der Waals surface area contributed by atoms with Gasteiger partial charge in [0.25, 0.3) is 0 Å². The van der Waals surface area contributed by atoms with Gasteiger partial charge in [0.1, 0.15) is 5.82 Å².